The fourth-order valence-electron chi connectivity index (χ4n) is 3.75. The number of ether oxygens (including phenoxy) is 2. The molecule has 0 aromatic heterocycles. The number of carboxylic acid groups (broad SMARTS) is 1. The van der Waals surface area contributed by atoms with Gasteiger partial charge in [0, 0.05) is 18.2 Å². The summed E-state index contributed by atoms with van der Waals surface area (Å²) in [5.74, 6) is -0.408. The van der Waals surface area contributed by atoms with Crippen LogP contribution in [0.5, 0.6) is 5.75 Å². The molecular weight excluding hydrogens is 310 g/mol. The van der Waals surface area contributed by atoms with Gasteiger partial charge in [0.2, 0.25) is 5.91 Å². The van der Waals surface area contributed by atoms with Crippen molar-refractivity contribution in [2.45, 2.75) is 43.7 Å². The molecule has 1 heterocycles. The fourth-order valence-corrected chi connectivity index (χ4v) is 3.75. The Kier molecular flexibility index (Phi) is 4.76. The first kappa shape index (κ1) is 16.8. The van der Waals surface area contributed by atoms with E-state index in [1.54, 1.807) is 7.11 Å². The maximum absolute atomic E-state index is 12.3. The second kappa shape index (κ2) is 6.81. The van der Waals surface area contributed by atoms with E-state index in [0.29, 0.717) is 31.6 Å². The van der Waals surface area contributed by atoms with Crippen LogP contribution in [0.4, 0.5) is 0 Å². The third kappa shape index (κ3) is 3.53. The number of hydrogen-bond donors (Lipinski definition) is 2. The molecule has 130 valence electrons. The molecule has 2 fully saturated rings. The van der Waals surface area contributed by atoms with Gasteiger partial charge in [0.25, 0.3) is 0 Å². The highest BCUT2D eigenvalue weighted by Gasteiger charge is 2.51. The zero-order chi connectivity index (χ0) is 17.2. The molecule has 1 unspecified atom stereocenters. The lowest BCUT2D eigenvalue weighted by molar-refractivity contribution is -0.182. The number of rotatable bonds is 5. The summed E-state index contributed by atoms with van der Waals surface area (Å²) < 4.78 is 11.1. The molecule has 1 amide bonds. The molecule has 2 aliphatic rings. The van der Waals surface area contributed by atoms with Gasteiger partial charge in [-0.25, -0.2) is 0 Å². The van der Waals surface area contributed by atoms with Crippen molar-refractivity contribution in [2.24, 2.45) is 5.92 Å². The topological polar surface area (TPSA) is 84.9 Å². The molecule has 1 aliphatic carbocycles. The Morgan fingerprint density at radius 1 is 1.33 bits per heavy atom. The van der Waals surface area contributed by atoms with E-state index in [9.17, 15) is 9.59 Å². The molecule has 1 atom stereocenters. The zero-order valence-electron chi connectivity index (χ0n) is 13.8. The largest absolute Gasteiger partial charge is 0.496 e. The zero-order valence-corrected chi connectivity index (χ0v) is 13.8. The number of amides is 1. The number of aliphatic carboxylic acids is 1. The summed E-state index contributed by atoms with van der Waals surface area (Å²) >= 11 is 0. The number of para-hydroxylation sites is 1. The number of carbonyl (C=O) groups excluding carboxylic acids is 1. The standard InChI is InChI=1S/C18H23NO5/c1-23-15-5-3-2-4-12(15)8-16(20)19-14-6-7-24-18(11-14)9-13(10-18)17(21)22/h2-5,13-14H,6-11H2,1H3,(H,19,20)(H,21,22). The SMILES string of the molecule is COc1ccccc1CC(=O)NC1CCOC2(C1)CC(C(=O)O)C2. The van der Waals surface area contributed by atoms with Gasteiger partial charge in [0.1, 0.15) is 5.75 Å². The number of methoxy groups -OCH3 is 1. The third-order valence-corrected chi connectivity index (χ3v) is 4.99. The Morgan fingerprint density at radius 2 is 2.08 bits per heavy atom. The van der Waals surface area contributed by atoms with E-state index < -0.39 is 5.97 Å². The second-order valence-corrected chi connectivity index (χ2v) is 6.72. The van der Waals surface area contributed by atoms with Crippen LogP contribution in [-0.4, -0.2) is 42.3 Å². The van der Waals surface area contributed by atoms with Crippen molar-refractivity contribution < 1.29 is 24.2 Å². The lowest BCUT2D eigenvalue weighted by Gasteiger charge is -2.50. The maximum atomic E-state index is 12.3. The normalized spacial score (nSPS) is 28.9. The Morgan fingerprint density at radius 3 is 2.79 bits per heavy atom. The van der Waals surface area contributed by atoms with E-state index in [4.69, 9.17) is 14.6 Å². The minimum Gasteiger partial charge on any atom is -0.496 e. The van der Waals surface area contributed by atoms with Crippen molar-refractivity contribution >= 4 is 11.9 Å². The first-order valence-electron chi connectivity index (χ1n) is 8.29. The summed E-state index contributed by atoms with van der Waals surface area (Å²) in [6.07, 6.45) is 2.81. The van der Waals surface area contributed by atoms with Crippen molar-refractivity contribution in [1.29, 1.82) is 0 Å². The van der Waals surface area contributed by atoms with Crippen LogP contribution in [0.1, 0.15) is 31.2 Å². The number of carbonyl (C=O) groups is 2. The summed E-state index contributed by atoms with van der Waals surface area (Å²) in [5, 5.41) is 12.1. The van der Waals surface area contributed by atoms with Crippen molar-refractivity contribution in [1.82, 2.24) is 5.32 Å². The molecule has 0 radical (unpaired) electrons. The van der Waals surface area contributed by atoms with Crippen LogP contribution >= 0.6 is 0 Å². The summed E-state index contributed by atoms with van der Waals surface area (Å²) in [5.41, 5.74) is 0.498. The molecule has 2 N–H and O–H groups in total. The molecule has 6 heteroatoms. The van der Waals surface area contributed by atoms with Gasteiger partial charge in [0.05, 0.1) is 25.0 Å². The molecule has 3 rings (SSSR count). The van der Waals surface area contributed by atoms with Gasteiger partial charge in [0.15, 0.2) is 0 Å². The summed E-state index contributed by atoms with van der Waals surface area (Å²) in [7, 11) is 1.59. The van der Waals surface area contributed by atoms with Gasteiger partial charge in [-0.2, -0.15) is 0 Å². The van der Waals surface area contributed by atoms with Crippen LogP contribution in [0.25, 0.3) is 0 Å². The van der Waals surface area contributed by atoms with E-state index in [2.05, 4.69) is 5.32 Å². The van der Waals surface area contributed by atoms with Crippen molar-refractivity contribution in [3.8, 4) is 5.75 Å². The molecule has 1 saturated heterocycles. The van der Waals surface area contributed by atoms with Crippen LogP contribution in [0, 0.1) is 5.92 Å². The maximum Gasteiger partial charge on any atom is 0.306 e. The van der Waals surface area contributed by atoms with Gasteiger partial charge < -0.3 is 19.9 Å². The minimum absolute atomic E-state index is 0.0377. The molecule has 6 nitrogen and oxygen atoms in total. The van der Waals surface area contributed by atoms with Crippen molar-refractivity contribution in [3.05, 3.63) is 29.8 Å². The number of hydrogen-bond acceptors (Lipinski definition) is 4. The molecule has 0 bridgehead atoms. The van der Waals surface area contributed by atoms with Crippen molar-refractivity contribution in [3.63, 3.8) is 0 Å². The lowest BCUT2D eigenvalue weighted by Crippen LogP contribution is -2.56. The molecule has 1 spiro atoms. The molecular formula is C18H23NO5. The van der Waals surface area contributed by atoms with E-state index >= 15 is 0 Å². The van der Waals surface area contributed by atoms with Gasteiger partial charge in [-0.05, 0) is 31.7 Å². The summed E-state index contributed by atoms with van der Waals surface area (Å²) in [6.45, 7) is 0.561. The Balaban J connectivity index is 1.54. The summed E-state index contributed by atoms with van der Waals surface area (Å²) in [4.78, 5) is 23.3. The Labute approximate surface area is 141 Å². The lowest BCUT2D eigenvalue weighted by atomic mass is 9.66. The molecule has 1 saturated carbocycles. The number of nitrogens with one attached hydrogen (secondary N) is 1. The van der Waals surface area contributed by atoms with Crippen LogP contribution in [0.2, 0.25) is 0 Å². The Hall–Kier alpha value is -2.08. The van der Waals surface area contributed by atoms with Crippen LogP contribution < -0.4 is 10.1 Å². The second-order valence-electron chi connectivity index (χ2n) is 6.72. The van der Waals surface area contributed by atoms with Crippen LogP contribution in [-0.2, 0) is 20.7 Å². The molecule has 24 heavy (non-hydrogen) atoms. The highest BCUT2D eigenvalue weighted by atomic mass is 16.5. The van der Waals surface area contributed by atoms with Crippen LogP contribution in [0.3, 0.4) is 0 Å². The Bertz CT molecular complexity index is 624. The highest BCUT2D eigenvalue weighted by Crippen LogP contribution is 2.46. The average molecular weight is 333 g/mol. The van der Waals surface area contributed by atoms with E-state index in [0.717, 1.165) is 12.0 Å². The summed E-state index contributed by atoms with van der Waals surface area (Å²) in [6, 6.07) is 7.52. The number of carboxylic acids is 1. The molecule has 1 aromatic carbocycles. The van der Waals surface area contributed by atoms with Crippen molar-refractivity contribution in [2.75, 3.05) is 13.7 Å². The quantitative estimate of drug-likeness (QED) is 0.858. The van der Waals surface area contributed by atoms with Gasteiger partial charge in [-0.1, -0.05) is 18.2 Å². The predicted molar refractivity (Wildman–Crippen MR) is 86.9 cm³/mol. The smallest absolute Gasteiger partial charge is 0.306 e. The molecule has 1 aliphatic heterocycles. The minimum atomic E-state index is -0.758. The van der Waals surface area contributed by atoms with Gasteiger partial charge in [-0.3, -0.25) is 9.59 Å². The first-order chi connectivity index (χ1) is 11.5. The molecule has 1 aromatic rings. The van der Waals surface area contributed by atoms with Gasteiger partial charge >= 0.3 is 5.97 Å². The monoisotopic (exact) mass is 333 g/mol. The van der Waals surface area contributed by atoms with E-state index in [-0.39, 0.29) is 29.9 Å². The average Bonchev–Trinajstić information content (AvgIpc) is 2.53. The van der Waals surface area contributed by atoms with E-state index in [1.807, 2.05) is 24.3 Å². The van der Waals surface area contributed by atoms with E-state index in [1.165, 1.54) is 0 Å². The fraction of sp³-hybridized carbons (Fsp3) is 0.556. The van der Waals surface area contributed by atoms with Crippen LogP contribution in [0.15, 0.2) is 24.3 Å². The number of benzene rings is 1. The third-order valence-electron chi connectivity index (χ3n) is 4.99. The first-order valence-corrected chi connectivity index (χ1v) is 8.29. The predicted octanol–water partition coefficient (Wildman–Crippen LogP) is 1.77. The van der Waals surface area contributed by atoms with Gasteiger partial charge in [-0.15, -0.1) is 0 Å². The highest BCUT2D eigenvalue weighted by molar-refractivity contribution is 5.79.